The third-order valence-corrected chi connectivity index (χ3v) is 2.09. The molecule has 17 heavy (non-hydrogen) atoms. The lowest BCUT2D eigenvalue weighted by Gasteiger charge is -2.05. The summed E-state index contributed by atoms with van der Waals surface area (Å²) in [6.07, 6.45) is 0.878. The highest BCUT2D eigenvalue weighted by atomic mass is 19.1. The van der Waals surface area contributed by atoms with E-state index in [2.05, 4.69) is 9.97 Å². The standard InChI is InChI=1S/C11H4F3N3/c12-6-2-1-3-7(13)9(6)11-10(14)8(4-15)16-5-17-11/h1-3,5H. The molecule has 0 atom stereocenters. The first-order valence-electron chi connectivity index (χ1n) is 4.50. The van der Waals surface area contributed by atoms with Crippen LogP contribution in [-0.2, 0) is 0 Å². The number of benzene rings is 1. The summed E-state index contributed by atoms with van der Waals surface area (Å²) >= 11 is 0. The molecule has 0 N–H and O–H groups in total. The maximum atomic E-state index is 13.6. The molecule has 0 fully saturated rings. The highest BCUT2D eigenvalue weighted by Crippen LogP contribution is 2.26. The first kappa shape index (κ1) is 11.1. The lowest BCUT2D eigenvalue weighted by molar-refractivity contribution is 0.576. The fourth-order valence-corrected chi connectivity index (χ4v) is 1.35. The molecule has 2 aromatic rings. The van der Waals surface area contributed by atoms with Crippen LogP contribution in [0.5, 0.6) is 0 Å². The molecule has 0 aliphatic heterocycles. The smallest absolute Gasteiger partial charge is 0.186 e. The Morgan fingerprint density at radius 3 is 2.29 bits per heavy atom. The van der Waals surface area contributed by atoms with Gasteiger partial charge in [-0.15, -0.1) is 0 Å². The molecule has 0 amide bonds. The quantitative estimate of drug-likeness (QED) is 0.762. The van der Waals surface area contributed by atoms with Crippen molar-refractivity contribution in [1.82, 2.24) is 9.97 Å². The fourth-order valence-electron chi connectivity index (χ4n) is 1.35. The Hall–Kier alpha value is -2.42. The van der Waals surface area contributed by atoms with Crippen LogP contribution in [0.4, 0.5) is 13.2 Å². The third kappa shape index (κ3) is 1.83. The number of aromatic nitrogens is 2. The van der Waals surface area contributed by atoms with Crippen LogP contribution in [0.25, 0.3) is 11.3 Å². The van der Waals surface area contributed by atoms with Gasteiger partial charge in [0.1, 0.15) is 29.7 Å². The van der Waals surface area contributed by atoms with Gasteiger partial charge in [0.25, 0.3) is 0 Å². The van der Waals surface area contributed by atoms with Crippen LogP contribution < -0.4 is 0 Å². The summed E-state index contributed by atoms with van der Waals surface area (Å²) in [6, 6.07) is 4.58. The number of halogens is 3. The lowest BCUT2D eigenvalue weighted by atomic mass is 10.1. The Labute approximate surface area is 94.2 Å². The summed E-state index contributed by atoms with van der Waals surface area (Å²) in [7, 11) is 0. The highest BCUT2D eigenvalue weighted by Gasteiger charge is 2.19. The van der Waals surface area contributed by atoms with Crippen molar-refractivity contribution >= 4 is 0 Å². The number of nitriles is 1. The SMILES string of the molecule is N#Cc1ncnc(-c2c(F)cccc2F)c1F. The first-order valence-corrected chi connectivity index (χ1v) is 4.50. The minimum Gasteiger partial charge on any atom is -0.233 e. The minimum absolute atomic E-state index is 0.558. The Morgan fingerprint density at radius 2 is 1.71 bits per heavy atom. The van der Waals surface area contributed by atoms with Crippen LogP contribution in [0.15, 0.2) is 24.5 Å². The minimum atomic E-state index is -1.14. The molecule has 0 bridgehead atoms. The van der Waals surface area contributed by atoms with Gasteiger partial charge in [-0.25, -0.2) is 23.1 Å². The number of rotatable bonds is 1. The normalized spacial score (nSPS) is 10.0. The van der Waals surface area contributed by atoms with Gasteiger partial charge in [-0.3, -0.25) is 0 Å². The van der Waals surface area contributed by atoms with Gasteiger partial charge in [-0.2, -0.15) is 5.26 Å². The predicted octanol–water partition coefficient (Wildman–Crippen LogP) is 2.43. The van der Waals surface area contributed by atoms with Crippen molar-refractivity contribution in [3.63, 3.8) is 0 Å². The Bertz CT molecular complexity index is 600. The van der Waals surface area contributed by atoms with Crippen LogP contribution in [0.3, 0.4) is 0 Å². The van der Waals surface area contributed by atoms with Gasteiger partial charge >= 0.3 is 0 Å². The second-order valence-electron chi connectivity index (χ2n) is 3.09. The zero-order valence-corrected chi connectivity index (χ0v) is 8.28. The van der Waals surface area contributed by atoms with Crippen molar-refractivity contribution in [2.24, 2.45) is 0 Å². The highest BCUT2D eigenvalue weighted by molar-refractivity contribution is 5.62. The van der Waals surface area contributed by atoms with E-state index in [-0.39, 0.29) is 0 Å². The topological polar surface area (TPSA) is 49.6 Å². The van der Waals surface area contributed by atoms with Gasteiger partial charge in [0.15, 0.2) is 11.5 Å². The molecule has 1 heterocycles. The maximum Gasteiger partial charge on any atom is 0.186 e. The maximum absolute atomic E-state index is 13.6. The Morgan fingerprint density at radius 1 is 1.06 bits per heavy atom. The van der Waals surface area contributed by atoms with E-state index < -0.39 is 34.4 Å². The largest absolute Gasteiger partial charge is 0.233 e. The molecule has 6 heteroatoms. The van der Waals surface area contributed by atoms with E-state index in [1.54, 1.807) is 0 Å². The molecular formula is C11H4F3N3. The molecule has 0 saturated carbocycles. The fraction of sp³-hybridized carbons (Fsp3) is 0. The zero-order chi connectivity index (χ0) is 12.4. The second kappa shape index (κ2) is 4.22. The van der Waals surface area contributed by atoms with E-state index in [9.17, 15) is 13.2 Å². The first-order chi connectivity index (χ1) is 8.15. The van der Waals surface area contributed by atoms with Crippen LogP contribution in [-0.4, -0.2) is 9.97 Å². The average molecular weight is 235 g/mol. The van der Waals surface area contributed by atoms with Crippen molar-refractivity contribution in [2.45, 2.75) is 0 Å². The third-order valence-electron chi connectivity index (χ3n) is 2.09. The molecule has 2 rings (SSSR count). The van der Waals surface area contributed by atoms with E-state index in [1.165, 1.54) is 6.07 Å². The van der Waals surface area contributed by atoms with Crippen molar-refractivity contribution in [3.8, 4) is 17.3 Å². The van der Waals surface area contributed by atoms with Crippen LogP contribution >= 0.6 is 0 Å². The van der Waals surface area contributed by atoms with Gasteiger partial charge in [0, 0.05) is 0 Å². The molecule has 0 spiro atoms. The Balaban J connectivity index is 2.74. The van der Waals surface area contributed by atoms with Crippen LogP contribution in [0, 0.1) is 28.8 Å². The summed E-state index contributed by atoms with van der Waals surface area (Å²) in [4.78, 5) is 6.81. The Kier molecular flexibility index (Phi) is 2.75. The summed E-state index contributed by atoms with van der Waals surface area (Å²) in [5, 5.41) is 8.56. The lowest BCUT2D eigenvalue weighted by Crippen LogP contribution is -2.00. The molecule has 0 unspecified atom stereocenters. The van der Waals surface area contributed by atoms with Gasteiger partial charge in [-0.05, 0) is 12.1 Å². The molecular weight excluding hydrogens is 231 g/mol. The van der Waals surface area contributed by atoms with E-state index >= 15 is 0 Å². The average Bonchev–Trinajstić information content (AvgIpc) is 2.31. The number of nitrogens with zero attached hydrogens (tertiary/aromatic N) is 3. The number of hydrogen-bond acceptors (Lipinski definition) is 3. The summed E-state index contributed by atoms with van der Waals surface area (Å²) in [5.74, 6) is -3.04. The molecule has 0 radical (unpaired) electrons. The van der Waals surface area contributed by atoms with Gasteiger partial charge in [0.2, 0.25) is 0 Å². The van der Waals surface area contributed by atoms with E-state index in [0.717, 1.165) is 24.5 Å². The van der Waals surface area contributed by atoms with E-state index in [1.807, 2.05) is 0 Å². The number of hydrogen-bond donors (Lipinski definition) is 0. The van der Waals surface area contributed by atoms with Crippen molar-refractivity contribution in [3.05, 3.63) is 47.7 Å². The van der Waals surface area contributed by atoms with Gasteiger partial charge in [-0.1, -0.05) is 6.07 Å². The molecule has 0 aliphatic rings. The molecule has 0 aliphatic carbocycles. The molecule has 1 aromatic carbocycles. The summed E-state index contributed by atoms with van der Waals surface area (Å²) in [6.45, 7) is 0. The van der Waals surface area contributed by atoms with Crippen molar-refractivity contribution in [2.75, 3.05) is 0 Å². The summed E-state index contributed by atoms with van der Waals surface area (Å²) in [5.41, 5.74) is -1.73. The van der Waals surface area contributed by atoms with E-state index in [0.29, 0.717) is 0 Å². The monoisotopic (exact) mass is 235 g/mol. The predicted molar refractivity (Wildman–Crippen MR) is 52.1 cm³/mol. The summed E-state index contributed by atoms with van der Waals surface area (Å²) < 4.78 is 40.4. The van der Waals surface area contributed by atoms with E-state index in [4.69, 9.17) is 5.26 Å². The van der Waals surface area contributed by atoms with Crippen molar-refractivity contribution in [1.29, 1.82) is 5.26 Å². The van der Waals surface area contributed by atoms with Crippen molar-refractivity contribution < 1.29 is 13.2 Å². The van der Waals surface area contributed by atoms with Crippen LogP contribution in [0.1, 0.15) is 5.69 Å². The van der Waals surface area contributed by atoms with Gasteiger partial charge in [0.05, 0.1) is 5.56 Å². The molecule has 3 nitrogen and oxygen atoms in total. The van der Waals surface area contributed by atoms with Crippen LogP contribution in [0.2, 0.25) is 0 Å². The molecule has 1 aromatic heterocycles. The molecule has 0 saturated heterocycles. The zero-order valence-electron chi connectivity index (χ0n) is 8.28. The second-order valence-corrected chi connectivity index (χ2v) is 3.09. The van der Waals surface area contributed by atoms with Gasteiger partial charge < -0.3 is 0 Å². The molecule has 84 valence electrons.